The van der Waals surface area contributed by atoms with Gasteiger partial charge in [0.1, 0.15) is 0 Å². The van der Waals surface area contributed by atoms with E-state index >= 15 is 0 Å². The fraction of sp³-hybridized carbons (Fsp3) is 0.562. The fourth-order valence-electron chi connectivity index (χ4n) is 1.96. The number of carbonyl (C=O) groups excluding carboxylic acids is 1. The molecule has 0 aliphatic carbocycles. The summed E-state index contributed by atoms with van der Waals surface area (Å²) in [4.78, 5) is 11.8. The number of hydrogen-bond acceptors (Lipinski definition) is 3. The molecule has 2 N–H and O–H groups in total. The third-order valence-corrected chi connectivity index (χ3v) is 3.97. The largest absolute Gasteiger partial charge is 0.394 e. The average Bonchev–Trinajstić information content (AvgIpc) is 2.39. The Balaban J connectivity index is 2.27. The van der Waals surface area contributed by atoms with E-state index in [0.717, 1.165) is 12.2 Å². The normalized spacial score (nSPS) is 12.4. The van der Waals surface area contributed by atoms with Crippen LogP contribution in [0.2, 0.25) is 0 Å². The summed E-state index contributed by atoms with van der Waals surface area (Å²) in [5.41, 5.74) is 2.48. The van der Waals surface area contributed by atoms with Gasteiger partial charge in [0.2, 0.25) is 5.91 Å². The van der Waals surface area contributed by atoms with Crippen molar-refractivity contribution in [3.05, 3.63) is 35.4 Å². The molecular formula is C16H25NO2S. The summed E-state index contributed by atoms with van der Waals surface area (Å²) in [6.07, 6.45) is 0.810. The molecule has 112 valence electrons. The number of aryl methyl sites for hydroxylation is 1. The molecule has 1 atom stereocenters. The molecule has 0 aliphatic heterocycles. The number of nitrogens with one attached hydrogen (secondary N) is 1. The van der Waals surface area contributed by atoms with Gasteiger partial charge in [0, 0.05) is 5.75 Å². The van der Waals surface area contributed by atoms with E-state index in [1.54, 1.807) is 11.8 Å². The van der Waals surface area contributed by atoms with Crippen LogP contribution in [0.3, 0.4) is 0 Å². The number of aliphatic hydroxyl groups excluding tert-OH is 1. The second-order valence-corrected chi connectivity index (χ2v) is 6.54. The molecule has 1 amide bonds. The van der Waals surface area contributed by atoms with E-state index in [2.05, 4.69) is 50.4 Å². The Morgan fingerprint density at radius 3 is 2.50 bits per heavy atom. The van der Waals surface area contributed by atoms with Crippen molar-refractivity contribution < 1.29 is 9.90 Å². The number of amides is 1. The van der Waals surface area contributed by atoms with E-state index < -0.39 is 0 Å². The summed E-state index contributed by atoms with van der Waals surface area (Å²) in [5.74, 6) is 1.74. The molecule has 1 rings (SSSR count). The van der Waals surface area contributed by atoms with Crippen LogP contribution >= 0.6 is 11.8 Å². The van der Waals surface area contributed by atoms with Gasteiger partial charge in [-0.15, -0.1) is 11.8 Å². The second-order valence-electron chi connectivity index (χ2n) is 5.55. The zero-order valence-electron chi connectivity index (χ0n) is 12.6. The maximum absolute atomic E-state index is 11.8. The lowest BCUT2D eigenvalue weighted by molar-refractivity contribution is -0.119. The molecule has 20 heavy (non-hydrogen) atoms. The van der Waals surface area contributed by atoms with Crippen LogP contribution in [0, 0.1) is 12.8 Å². The van der Waals surface area contributed by atoms with Crippen LogP contribution < -0.4 is 5.32 Å². The third kappa shape index (κ3) is 6.96. The molecule has 0 bridgehead atoms. The van der Waals surface area contributed by atoms with Crippen molar-refractivity contribution in [1.29, 1.82) is 0 Å². The second kappa shape index (κ2) is 9.03. The SMILES string of the molecule is Cc1ccc(CSCC(=O)NC(CO)CC(C)C)cc1. The van der Waals surface area contributed by atoms with Crippen LogP contribution in [-0.2, 0) is 10.5 Å². The predicted octanol–water partition coefficient (Wildman–Crippen LogP) is 2.75. The van der Waals surface area contributed by atoms with Gasteiger partial charge >= 0.3 is 0 Å². The standard InChI is InChI=1S/C16H25NO2S/c1-12(2)8-15(9-18)17-16(19)11-20-10-14-6-4-13(3)5-7-14/h4-7,12,15,18H,8-11H2,1-3H3,(H,17,19). The van der Waals surface area contributed by atoms with Gasteiger partial charge in [-0.3, -0.25) is 4.79 Å². The van der Waals surface area contributed by atoms with Gasteiger partial charge in [0.05, 0.1) is 18.4 Å². The number of thioether (sulfide) groups is 1. The molecule has 0 fully saturated rings. The molecule has 3 nitrogen and oxygen atoms in total. The molecule has 0 saturated carbocycles. The zero-order chi connectivity index (χ0) is 15.0. The fourth-order valence-corrected chi connectivity index (χ4v) is 2.76. The first-order valence-corrected chi connectivity index (χ1v) is 8.20. The van der Waals surface area contributed by atoms with Gasteiger partial charge in [0.25, 0.3) is 0 Å². The highest BCUT2D eigenvalue weighted by atomic mass is 32.2. The molecule has 1 aromatic carbocycles. The Morgan fingerprint density at radius 2 is 1.95 bits per heavy atom. The van der Waals surface area contributed by atoms with Gasteiger partial charge < -0.3 is 10.4 Å². The van der Waals surface area contributed by atoms with Crippen LogP contribution in [0.25, 0.3) is 0 Å². The van der Waals surface area contributed by atoms with E-state index in [9.17, 15) is 9.90 Å². The van der Waals surface area contributed by atoms with E-state index in [1.807, 2.05) is 0 Å². The highest BCUT2D eigenvalue weighted by molar-refractivity contribution is 7.99. The molecule has 0 spiro atoms. The maximum atomic E-state index is 11.8. The number of aliphatic hydroxyl groups is 1. The highest BCUT2D eigenvalue weighted by Gasteiger charge is 2.12. The van der Waals surface area contributed by atoms with Crippen LogP contribution in [0.1, 0.15) is 31.4 Å². The zero-order valence-corrected chi connectivity index (χ0v) is 13.4. The first-order valence-electron chi connectivity index (χ1n) is 7.04. The van der Waals surface area contributed by atoms with Crippen LogP contribution in [0.5, 0.6) is 0 Å². The van der Waals surface area contributed by atoms with E-state index in [-0.39, 0.29) is 18.6 Å². The lowest BCUT2D eigenvalue weighted by Gasteiger charge is -2.18. The summed E-state index contributed by atoms with van der Waals surface area (Å²) < 4.78 is 0. The Morgan fingerprint density at radius 1 is 1.30 bits per heavy atom. The van der Waals surface area contributed by atoms with Crippen molar-refractivity contribution in [2.24, 2.45) is 5.92 Å². The Labute approximate surface area is 126 Å². The lowest BCUT2D eigenvalue weighted by atomic mass is 10.0. The molecule has 0 heterocycles. The number of benzene rings is 1. The molecule has 0 saturated heterocycles. The molecule has 4 heteroatoms. The first kappa shape index (κ1) is 17.1. The van der Waals surface area contributed by atoms with Gasteiger partial charge in [-0.05, 0) is 24.8 Å². The highest BCUT2D eigenvalue weighted by Crippen LogP contribution is 2.13. The van der Waals surface area contributed by atoms with Crippen molar-refractivity contribution in [2.45, 2.75) is 39.0 Å². The minimum Gasteiger partial charge on any atom is -0.394 e. The minimum atomic E-state index is -0.123. The van der Waals surface area contributed by atoms with Crippen LogP contribution in [0.15, 0.2) is 24.3 Å². The van der Waals surface area contributed by atoms with Crippen molar-refractivity contribution >= 4 is 17.7 Å². The van der Waals surface area contributed by atoms with Crippen LogP contribution in [0.4, 0.5) is 0 Å². The Bertz CT molecular complexity index is 403. The lowest BCUT2D eigenvalue weighted by Crippen LogP contribution is -2.39. The topological polar surface area (TPSA) is 49.3 Å². The van der Waals surface area contributed by atoms with Crippen molar-refractivity contribution in [3.8, 4) is 0 Å². The molecule has 1 aromatic rings. The minimum absolute atomic E-state index is 0.00168. The summed E-state index contributed by atoms with van der Waals surface area (Å²) in [7, 11) is 0. The number of hydrogen-bond donors (Lipinski definition) is 2. The molecule has 1 unspecified atom stereocenters. The van der Waals surface area contributed by atoms with Gasteiger partial charge in [0.15, 0.2) is 0 Å². The molecule has 0 aromatic heterocycles. The molecule has 0 radical (unpaired) electrons. The Kier molecular flexibility index (Phi) is 7.70. The average molecular weight is 295 g/mol. The maximum Gasteiger partial charge on any atom is 0.230 e. The van der Waals surface area contributed by atoms with Crippen molar-refractivity contribution in [3.63, 3.8) is 0 Å². The smallest absolute Gasteiger partial charge is 0.230 e. The van der Waals surface area contributed by atoms with Gasteiger partial charge in [-0.2, -0.15) is 0 Å². The summed E-state index contributed by atoms with van der Waals surface area (Å²) >= 11 is 1.60. The molecule has 0 aliphatic rings. The first-order chi connectivity index (χ1) is 9.51. The van der Waals surface area contributed by atoms with Gasteiger partial charge in [-0.1, -0.05) is 43.7 Å². The predicted molar refractivity (Wildman–Crippen MR) is 85.8 cm³/mol. The Hall–Kier alpha value is -1.00. The number of carbonyl (C=O) groups is 1. The molecular weight excluding hydrogens is 270 g/mol. The van der Waals surface area contributed by atoms with Crippen molar-refractivity contribution in [1.82, 2.24) is 5.32 Å². The van der Waals surface area contributed by atoms with Crippen LogP contribution in [-0.4, -0.2) is 29.4 Å². The van der Waals surface area contributed by atoms with Gasteiger partial charge in [-0.25, -0.2) is 0 Å². The number of rotatable bonds is 8. The van der Waals surface area contributed by atoms with E-state index in [4.69, 9.17) is 0 Å². The summed E-state index contributed by atoms with van der Waals surface area (Å²) in [6, 6.07) is 8.23. The summed E-state index contributed by atoms with van der Waals surface area (Å²) in [5, 5.41) is 12.1. The quantitative estimate of drug-likeness (QED) is 0.775. The van der Waals surface area contributed by atoms with Crippen molar-refractivity contribution in [2.75, 3.05) is 12.4 Å². The monoisotopic (exact) mass is 295 g/mol. The third-order valence-electron chi connectivity index (χ3n) is 2.96. The summed E-state index contributed by atoms with van der Waals surface area (Å²) in [6.45, 7) is 6.24. The van der Waals surface area contributed by atoms with E-state index in [0.29, 0.717) is 11.7 Å². The van der Waals surface area contributed by atoms with E-state index in [1.165, 1.54) is 11.1 Å².